The molecule has 0 saturated carbocycles. The van der Waals surface area contributed by atoms with Crippen molar-refractivity contribution in [3.05, 3.63) is 65.5 Å². The number of aromatic nitrogens is 1. The average Bonchev–Trinajstić information content (AvgIpc) is 2.84. The van der Waals surface area contributed by atoms with Crippen LogP contribution in [-0.2, 0) is 4.74 Å². The first kappa shape index (κ1) is 15.0. The molecule has 0 amide bonds. The van der Waals surface area contributed by atoms with Gasteiger partial charge < -0.3 is 9.14 Å². The molecule has 0 aliphatic heterocycles. The summed E-state index contributed by atoms with van der Waals surface area (Å²) in [5.41, 5.74) is 5.32. The number of fused-ring (bicyclic) bond motifs is 1. The zero-order chi connectivity index (χ0) is 16.4. The predicted molar refractivity (Wildman–Crippen MR) is 88.8 cm³/mol. The minimum atomic E-state index is -0.363. The van der Waals surface area contributed by atoms with Crippen LogP contribution in [0, 0.1) is 13.8 Å². The third-order valence-corrected chi connectivity index (χ3v) is 3.92. The molecule has 1 aromatic carbocycles. The number of carbonyl (C=O) groups excluding carboxylic acids is 1. The van der Waals surface area contributed by atoms with Crippen LogP contribution in [-0.4, -0.2) is 17.5 Å². The van der Waals surface area contributed by atoms with Crippen molar-refractivity contribution in [1.82, 2.24) is 4.40 Å². The van der Waals surface area contributed by atoms with E-state index >= 15 is 0 Å². The lowest BCUT2D eigenvalue weighted by atomic mass is 10.2. The van der Waals surface area contributed by atoms with Crippen molar-refractivity contribution in [2.24, 2.45) is 10.2 Å². The van der Waals surface area contributed by atoms with Crippen LogP contribution in [0.3, 0.4) is 0 Å². The van der Waals surface area contributed by atoms with Gasteiger partial charge in [0, 0.05) is 11.9 Å². The Labute approximate surface area is 134 Å². The minimum absolute atomic E-state index is 0.363. The van der Waals surface area contributed by atoms with Gasteiger partial charge in [0.05, 0.1) is 23.9 Å². The molecule has 3 rings (SSSR count). The van der Waals surface area contributed by atoms with Crippen molar-refractivity contribution < 1.29 is 9.53 Å². The Morgan fingerprint density at radius 1 is 1.04 bits per heavy atom. The van der Waals surface area contributed by atoms with Crippen LogP contribution in [0.4, 0.5) is 11.4 Å². The third kappa shape index (κ3) is 2.73. The molecule has 2 aromatic heterocycles. The summed E-state index contributed by atoms with van der Waals surface area (Å²) in [6, 6.07) is 12.8. The predicted octanol–water partition coefficient (Wildman–Crippen LogP) is 4.76. The highest BCUT2D eigenvalue weighted by atomic mass is 16.5. The molecular formula is C18H17N3O2. The van der Waals surface area contributed by atoms with E-state index in [-0.39, 0.29) is 5.97 Å². The number of nitrogens with zero attached hydrogens (tertiary/aromatic N) is 3. The second-order valence-corrected chi connectivity index (χ2v) is 5.25. The first-order chi connectivity index (χ1) is 11.1. The SMILES string of the molecule is COC(=O)c1ccc(N=Nc2c(C)c(C)n3ccccc23)cc1. The molecule has 0 fully saturated rings. The number of ether oxygens (including phenoxy) is 1. The Morgan fingerprint density at radius 3 is 2.48 bits per heavy atom. The standard InChI is InChI=1S/C18H17N3O2/c1-12-13(2)21-11-5-4-6-16(21)17(12)20-19-15-9-7-14(8-10-15)18(22)23-3/h4-11H,1-3H3. The normalized spacial score (nSPS) is 11.3. The van der Waals surface area contributed by atoms with E-state index in [4.69, 9.17) is 0 Å². The number of azo groups is 1. The second-order valence-electron chi connectivity index (χ2n) is 5.25. The van der Waals surface area contributed by atoms with E-state index < -0.39 is 0 Å². The molecule has 0 spiro atoms. The number of benzene rings is 1. The summed E-state index contributed by atoms with van der Waals surface area (Å²) in [4.78, 5) is 11.4. The highest BCUT2D eigenvalue weighted by molar-refractivity contribution is 5.89. The summed E-state index contributed by atoms with van der Waals surface area (Å²) in [6.07, 6.45) is 2.02. The number of methoxy groups -OCH3 is 1. The summed E-state index contributed by atoms with van der Waals surface area (Å²) in [5, 5.41) is 8.69. The molecule has 0 bridgehead atoms. The number of pyridine rings is 1. The fraction of sp³-hybridized carbons (Fsp3) is 0.167. The van der Waals surface area contributed by atoms with Gasteiger partial charge in [0.15, 0.2) is 0 Å². The van der Waals surface area contributed by atoms with Crippen LogP contribution in [0.2, 0.25) is 0 Å². The van der Waals surface area contributed by atoms with Crippen LogP contribution in [0.1, 0.15) is 21.6 Å². The fourth-order valence-electron chi connectivity index (χ4n) is 2.49. The van der Waals surface area contributed by atoms with Crippen LogP contribution in [0.5, 0.6) is 0 Å². The Hall–Kier alpha value is -2.95. The van der Waals surface area contributed by atoms with Crippen molar-refractivity contribution in [3.8, 4) is 0 Å². The van der Waals surface area contributed by atoms with Crippen LogP contribution >= 0.6 is 0 Å². The Morgan fingerprint density at radius 2 is 1.78 bits per heavy atom. The van der Waals surface area contributed by atoms with Gasteiger partial charge >= 0.3 is 5.97 Å². The molecule has 116 valence electrons. The lowest BCUT2D eigenvalue weighted by Gasteiger charge is -1.99. The summed E-state index contributed by atoms with van der Waals surface area (Å²) in [6.45, 7) is 4.10. The molecule has 0 saturated heterocycles. The lowest BCUT2D eigenvalue weighted by Crippen LogP contribution is -1.99. The molecule has 0 aliphatic carbocycles. The Bertz CT molecular complexity index is 893. The Balaban J connectivity index is 1.94. The number of hydrogen-bond donors (Lipinski definition) is 0. The molecule has 0 unspecified atom stereocenters. The third-order valence-electron chi connectivity index (χ3n) is 3.92. The van der Waals surface area contributed by atoms with E-state index in [0.29, 0.717) is 11.3 Å². The van der Waals surface area contributed by atoms with Crippen molar-refractivity contribution in [2.45, 2.75) is 13.8 Å². The highest BCUT2D eigenvalue weighted by Crippen LogP contribution is 2.31. The monoisotopic (exact) mass is 307 g/mol. The van der Waals surface area contributed by atoms with E-state index in [1.807, 2.05) is 31.3 Å². The molecule has 0 N–H and O–H groups in total. The van der Waals surface area contributed by atoms with Crippen molar-refractivity contribution in [2.75, 3.05) is 7.11 Å². The van der Waals surface area contributed by atoms with Crippen molar-refractivity contribution in [3.63, 3.8) is 0 Å². The van der Waals surface area contributed by atoms with Gasteiger partial charge in [-0.25, -0.2) is 4.79 Å². The van der Waals surface area contributed by atoms with E-state index in [1.54, 1.807) is 24.3 Å². The van der Waals surface area contributed by atoms with Gasteiger partial charge in [0.25, 0.3) is 0 Å². The molecule has 0 radical (unpaired) electrons. The van der Waals surface area contributed by atoms with Crippen molar-refractivity contribution in [1.29, 1.82) is 0 Å². The summed E-state index contributed by atoms with van der Waals surface area (Å²) >= 11 is 0. The molecule has 2 heterocycles. The molecule has 23 heavy (non-hydrogen) atoms. The molecular weight excluding hydrogens is 290 g/mol. The zero-order valence-electron chi connectivity index (χ0n) is 13.3. The molecule has 3 aromatic rings. The van der Waals surface area contributed by atoms with E-state index in [9.17, 15) is 4.79 Å². The smallest absolute Gasteiger partial charge is 0.337 e. The summed E-state index contributed by atoms with van der Waals surface area (Å²) in [7, 11) is 1.36. The van der Waals surface area contributed by atoms with Gasteiger partial charge in [-0.3, -0.25) is 0 Å². The molecule has 0 atom stereocenters. The Kier molecular flexibility index (Phi) is 3.93. The van der Waals surface area contributed by atoms with Gasteiger partial charge in [-0.15, -0.1) is 5.11 Å². The minimum Gasteiger partial charge on any atom is -0.465 e. The van der Waals surface area contributed by atoms with Crippen molar-refractivity contribution >= 4 is 22.9 Å². The second kappa shape index (κ2) is 6.04. The van der Waals surface area contributed by atoms with Crippen LogP contribution in [0.25, 0.3) is 5.52 Å². The maximum Gasteiger partial charge on any atom is 0.337 e. The molecule has 5 heteroatoms. The van der Waals surface area contributed by atoms with Crippen LogP contribution < -0.4 is 0 Å². The summed E-state index contributed by atoms with van der Waals surface area (Å²) in [5.74, 6) is -0.363. The molecule has 0 aliphatic rings. The summed E-state index contributed by atoms with van der Waals surface area (Å²) < 4.78 is 6.78. The largest absolute Gasteiger partial charge is 0.465 e. The van der Waals surface area contributed by atoms with Gasteiger partial charge in [-0.1, -0.05) is 6.07 Å². The highest BCUT2D eigenvalue weighted by Gasteiger charge is 2.11. The fourth-order valence-corrected chi connectivity index (χ4v) is 2.49. The maximum atomic E-state index is 11.4. The number of aryl methyl sites for hydroxylation is 1. The number of rotatable bonds is 3. The number of esters is 1. The van der Waals surface area contributed by atoms with Crippen LogP contribution in [0.15, 0.2) is 58.9 Å². The number of hydrogen-bond acceptors (Lipinski definition) is 4. The first-order valence-corrected chi connectivity index (χ1v) is 7.28. The van der Waals surface area contributed by atoms with Gasteiger partial charge in [0.1, 0.15) is 5.69 Å². The lowest BCUT2D eigenvalue weighted by molar-refractivity contribution is 0.0601. The first-order valence-electron chi connectivity index (χ1n) is 7.28. The quantitative estimate of drug-likeness (QED) is 0.517. The van der Waals surface area contributed by atoms with E-state index in [2.05, 4.69) is 26.3 Å². The average molecular weight is 307 g/mol. The maximum absolute atomic E-state index is 11.4. The zero-order valence-corrected chi connectivity index (χ0v) is 13.3. The van der Waals surface area contributed by atoms with Gasteiger partial charge in [-0.05, 0) is 55.8 Å². The van der Waals surface area contributed by atoms with E-state index in [1.165, 1.54) is 7.11 Å². The van der Waals surface area contributed by atoms with Gasteiger partial charge in [-0.2, -0.15) is 5.11 Å². The number of carbonyl (C=O) groups is 1. The van der Waals surface area contributed by atoms with Gasteiger partial charge in [0.2, 0.25) is 0 Å². The topological polar surface area (TPSA) is 55.4 Å². The van der Waals surface area contributed by atoms with E-state index in [0.717, 1.165) is 22.5 Å². The molecule has 5 nitrogen and oxygen atoms in total.